The van der Waals surface area contributed by atoms with Gasteiger partial charge in [-0.1, -0.05) is 0 Å². The molecule has 0 aliphatic carbocycles. The van der Waals surface area contributed by atoms with Crippen molar-refractivity contribution < 1.29 is 9.21 Å². The highest BCUT2D eigenvalue weighted by molar-refractivity contribution is 5.98. The van der Waals surface area contributed by atoms with E-state index in [4.69, 9.17) is 4.42 Å². The highest BCUT2D eigenvalue weighted by Gasteiger charge is 2.31. The molecule has 1 aromatic carbocycles. The molecule has 0 unspecified atom stereocenters. The zero-order chi connectivity index (χ0) is 15.8. The molecule has 1 fully saturated rings. The molecule has 1 aliphatic rings. The first-order valence-electron chi connectivity index (χ1n) is 7.79. The largest absolute Gasteiger partial charge is 0.461 e. The number of furan rings is 1. The number of benzene rings is 1. The summed E-state index contributed by atoms with van der Waals surface area (Å²) in [6.45, 7) is 2.66. The van der Waals surface area contributed by atoms with E-state index in [1.807, 2.05) is 36.1 Å². The molecular weight excluding hydrogens is 290 g/mol. The molecule has 4 rings (SSSR count). The molecule has 1 saturated heterocycles. The molecule has 3 aromatic rings. The molecule has 1 amide bonds. The van der Waals surface area contributed by atoms with Crippen LogP contribution >= 0.6 is 0 Å². The van der Waals surface area contributed by atoms with E-state index in [2.05, 4.69) is 9.97 Å². The Morgan fingerprint density at radius 1 is 1.30 bits per heavy atom. The molecule has 5 nitrogen and oxygen atoms in total. The molecule has 5 heteroatoms. The first-order chi connectivity index (χ1) is 11.2. The fraction of sp³-hybridized carbons (Fsp3) is 0.278. The number of nitrogens with zero attached hydrogens (tertiary/aromatic N) is 3. The number of hydrogen-bond acceptors (Lipinski definition) is 4. The lowest BCUT2D eigenvalue weighted by atomic mass is 10.1. The number of rotatable bonds is 2. The molecule has 2 aromatic heterocycles. The van der Waals surface area contributed by atoms with Gasteiger partial charge in [-0.05, 0) is 44.0 Å². The van der Waals surface area contributed by atoms with Gasteiger partial charge in [-0.3, -0.25) is 14.8 Å². The predicted molar refractivity (Wildman–Crippen MR) is 86.0 cm³/mol. The minimum absolute atomic E-state index is 0.0120. The maximum atomic E-state index is 12.9. The van der Waals surface area contributed by atoms with Crippen LogP contribution in [0.5, 0.6) is 0 Å². The van der Waals surface area contributed by atoms with Crippen molar-refractivity contribution in [3.8, 4) is 0 Å². The van der Waals surface area contributed by atoms with Gasteiger partial charge in [-0.2, -0.15) is 0 Å². The van der Waals surface area contributed by atoms with Crippen molar-refractivity contribution in [3.05, 3.63) is 59.9 Å². The lowest BCUT2D eigenvalue weighted by molar-refractivity contribution is 0.0733. The van der Waals surface area contributed by atoms with E-state index in [1.165, 1.54) is 0 Å². The molecule has 3 heterocycles. The van der Waals surface area contributed by atoms with E-state index in [0.717, 1.165) is 41.8 Å². The number of carbonyl (C=O) groups excluding carboxylic acids is 1. The Kier molecular flexibility index (Phi) is 3.33. The second-order valence-corrected chi connectivity index (χ2v) is 5.90. The Morgan fingerprint density at radius 3 is 3.04 bits per heavy atom. The molecule has 1 aliphatic heterocycles. The summed E-state index contributed by atoms with van der Waals surface area (Å²) < 4.78 is 5.58. The van der Waals surface area contributed by atoms with Gasteiger partial charge in [0.2, 0.25) is 0 Å². The third-order valence-corrected chi connectivity index (χ3v) is 4.32. The van der Waals surface area contributed by atoms with Gasteiger partial charge in [0.15, 0.2) is 0 Å². The highest BCUT2D eigenvalue weighted by atomic mass is 16.3. The van der Waals surface area contributed by atoms with E-state index in [0.29, 0.717) is 5.56 Å². The van der Waals surface area contributed by atoms with Crippen molar-refractivity contribution in [1.29, 1.82) is 0 Å². The Labute approximate surface area is 134 Å². The number of carbonyl (C=O) groups is 1. The van der Waals surface area contributed by atoms with Gasteiger partial charge >= 0.3 is 0 Å². The van der Waals surface area contributed by atoms with Gasteiger partial charge in [0.25, 0.3) is 5.91 Å². The lowest BCUT2D eigenvalue weighted by Crippen LogP contribution is -2.31. The van der Waals surface area contributed by atoms with Crippen molar-refractivity contribution in [3.63, 3.8) is 0 Å². The zero-order valence-corrected chi connectivity index (χ0v) is 12.9. The number of aromatic nitrogens is 2. The fourth-order valence-electron chi connectivity index (χ4n) is 3.27. The van der Waals surface area contributed by atoms with Crippen molar-refractivity contribution >= 4 is 16.9 Å². The molecule has 0 spiro atoms. The average molecular weight is 307 g/mol. The van der Waals surface area contributed by atoms with Gasteiger partial charge in [0.05, 0.1) is 17.9 Å². The fourth-order valence-corrected chi connectivity index (χ4v) is 3.27. The summed E-state index contributed by atoms with van der Waals surface area (Å²) in [5.41, 5.74) is 2.36. The van der Waals surface area contributed by atoms with Crippen LogP contribution in [0.25, 0.3) is 11.0 Å². The minimum Gasteiger partial charge on any atom is -0.461 e. The summed E-state index contributed by atoms with van der Waals surface area (Å²) in [5.74, 6) is 0.891. The zero-order valence-electron chi connectivity index (χ0n) is 12.9. The van der Waals surface area contributed by atoms with Crippen molar-refractivity contribution in [2.45, 2.75) is 25.8 Å². The molecule has 0 saturated carbocycles. The van der Waals surface area contributed by atoms with E-state index in [9.17, 15) is 4.79 Å². The van der Waals surface area contributed by atoms with Crippen molar-refractivity contribution in [2.24, 2.45) is 0 Å². The van der Waals surface area contributed by atoms with Gasteiger partial charge in [0.1, 0.15) is 11.3 Å². The normalized spacial score (nSPS) is 17.8. The second-order valence-electron chi connectivity index (χ2n) is 5.90. The molecule has 23 heavy (non-hydrogen) atoms. The molecule has 0 radical (unpaired) electrons. The third-order valence-electron chi connectivity index (χ3n) is 4.32. The van der Waals surface area contributed by atoms with Gasteiger partial charge in [-0.25, -0.2) is 0 Å². The standard InChI is InChI=1S/C18H17N3O2/c1-12-9-14-10-13(4-5-17(14)23-12)18(22)21-8-2-3-16(21)15-11-19-6-7-20-15/h4-7,9-11,16H,2-3,8H2,1H3/t16-/m0/s1. The monoisotopic (exact) mass is 307 g/mol. The Hall–Kier alpha value is -2.69. The molecule has 0 bridgehead atoms. The second kappa shape index (κ2) is 5.50. The molecular formula is C18H17N3O2. The topological polar surface area (TPSA) is 59.2 Å². The SMILES string of the molecule is Cc1cc2cc(C(=O)N3CCC[C@H]3c3cnccn3)ccc2o1. The van der Waals surface area contributed by atoms with Crippen LogP contribution in [-0.4, -0.2) is 27.3 Å². The van der Waals surface area contributed by atoms with Gasteiger partial charge in [0, 0.05) is 29.9 Å². The van der Waals surface area contributed by atoms with Gasteiger partial charge in [-0.15, -0.1) is 0 Å². The van der Waals surface area contributed by atoms with E-state index in [1.54, 1.807) is 18.6 Å². The van der Waals surface area contributed by atoms with Crippen LogP contribution in [-0.2, 0) is 0 Å². The van der Waals surface area contributed by atoms with Crippen LogP contribution < -0.4 is 0 Å². The maximum Gasteiger partial charge on any atom is 0.254 e. The van der Waals surface area contributed by atoms with Crippen LogP contribution in [0.1, 0.15) is 40.7 Å². The smallest absolute Gasteiger partial charge is 0.254 e. The van der Waals surface area contributed by atoms with Crippen LogP contribution in [0.15, 0.2) is 47.3 Å². The molecule has 116 valence electrons. The summed E-state index contributed by atoms with van der Waals surface area (Å²) in [7, 11) is 0. The summed E-state index contributed by atoms with van der Waals surface area (Å²) in [6.07, 6.45) is 6.99. The van der Waals surface area contributed by atoms with Crippen LogP contribution in [0, 0.1) is 6.92 Å². The van der Waals surface area contributed by atoms with E-state index < -0.39 is 0 Å². The van der Waals surface area contributed by atoms with Crippen LogP contribution in [0.3, 0.4) is 0 Å². The Bertz CT molecular complexity index is 857. The Balaban J connectivity index is 1.66. The van der Waals surface area contributed by atoms with Crippen LogP contribution in [0.4, 0.5) is 0 Å². The lowest BCUT2D eigenvalue weighted by Gasteiger charge is -2.24. The summed E-state index contributed by atoms with van der Waals surface area (Å²) in [5, 5.41) is 0.962. The predicted octanol–water partition coefficient (Wildman–Crippen LogP) is 3.51. The summed E-state index contributed by atoms with van der Waals surface area (Å²) in [6, 6.07) is 7.57. The maximum absolute atomic E-state index is 12.9. The molecule has 0 N–H and O–H groups in total. The number of aryl methyl sites for hydroxylation is 1. The minimum atomic E-state index is 0.0120. The van der Waals surface area contributed by atoms with Crippen LogP contribution in [0.2, 0.25) is 0 Å². The number of likely N-dealkylation sites (tertiary alicyclic amines) is 1. The van der Waals surface area contributed by atoms with E-state index in [-0.39, 0.29) is 11.9 Å². The quantitative estimate of drug-likeness (QED) is 0.727. The van der Waals surface area contributed by atoms with Crippen molar-refractivity contribution in [1.82, 2.24) is 14.9 Å². The van der Waals surface area contributed by atoms with Gasteiger partial charge < -0.3 is 9.32 Å². The Morgan fingerprint density at radius 2 is 2.22 bits per heavy atom. The summed E-state index contributed by atoms with van der Waals surface area (Å²) in [4.78, 5) is 23.3. The first kappa shape index (κ1) is 13.9. The average Bonchev–Trinajstić information content (AvgIpc) is 3.19. The number of hydrogen-bond donors (Lipinski definition) is 0. The highest BCUT2D eigenvalue weighted by Crippen LogP contribution is 2.32. The van der Waals surface area contributed by atoms with E-state index >= 15 is 0 Å². The number of amides is 1. The third kappa shape index (κ3) is 2.48. The number of fused-ring (bicyclic) bond motifs is 1. The molecule has 1 atom stereocenters. The first-order valence-corrected chi connectivity index (χ1v) is 7.79. The summed E-state index contributed by atoms with van der Waals surface area (Å²) >= 11 is 0. The van der Waals surface area contributed by atoms with Crippen molar-refractivity contribution in [2.75, 3.05) is 6.54 Å².